The summed E-state index contributed by atoms with van der Waals surface area (Å²) in [7, 11) is 0. The Morgan fingerprint density at radius 3 is 2.68 bits per heavy atom. The lowest BCUT2D eigenvalue weighted by atomic mass is 9.80. The maximum absolute atomic E-state index is 12.1. The fraction of sp³-hybridized carbons (Fsp3) is 0.368. The number of hydrogen-bond donors (Lipinski definition) is 2. The molecule has 0 saturated heterocycles. The average molecular weight is 343 g/mol. The third-order valence-electron chi connectivity index (χ3n) is 4.41. The Kier molecular flexibility index (Phi) is 4.79. The first kappa shape index (κ1) is 17.1. The molecule has 1 amide bonds. The van der Waals surface area contributed by atoms with Gasteiger partial charge in [0.05, 0.1) is 5.92 Å². The van der Waals surface area contributed by atoms with Gasteiger partial charge in [-0.3, -0.25) is 9.59 Å². The van der Waals surface area contributed by atoms with Gasteiger partial charge in [-0.05, 0) is 50.5 Å². The molecule has 1 aliphatic rings. The highest BCUT2D eigenvalue weighted by molar-refractivity contribution is 5.91. The van der Waals surface area contributed by atoms with Crippen LogP contribution in [0.4, 0.5) is 0 Å². The van der Waals surface area contributed by atoms with Crippen LogP contribution in [0.25, 0.3) is 0 Å². The summed E-state index contributed by atoms with van der Waals surface area (Å²) in [4.78, 5) is 22.9. The molecule has 2 aromatic rings. The van der Waals surface area contributed by atoms with Crippen molar-refractivity contribution in [3.05, 3.63) is 53.0 Å². The lowest BCUT2D eigenvalue weighted by Crippen LogP contribution is -2.46. The molecular formula is C19H21NO5. The molecule has 0 spiro atoms. The van der Waals surface area contributed by atoms with Crippen molar-refractivity contribution in [1.29, 1.82) is 0 Å². The van der Waals surface area contributed by atoms with Crippen LogP contribution in [-0.4, -0.2) is 23.0 Å². The van der Waals surface area contributed by atoms with Crippen LogP contribution in [0.2, 0.25) is 0 Å². The summed E-state index contributed by atoms with van der Waals surface area (Å²) in [6.07, 6.45) is 0.925. The fourth-order valence-electron chi connectivity index (χ4n) is 2.88. The number of carboxylic acids is 1. The molecule has 0 atom stereocenters. The number of carboxylic acid groups (broad SMARTS) is 1. The number of hydrogen-bond acceptors (Lipinski definition) is 4. The quantitative estimate of drug-likeness (QED) is 0.841. The summed E-state index contributed by atoms with van der Waals surface area (Å²) >= 11 is 0. The van der Waals surface area contributed by atoms with E-state index in [1.807, 2.05) is 32.0 Å². The molecule has 2 N–H and O–H groups in total. The second kappa shape index (κ2) is 7.01. The molecule has 1 fully saturated rings. The van der Waals surface area contributed by atoms with Crippen molar-refractivity contribution in [2.75, 3.05) is 0 Å². The first-order valence-electron chi connectivity index (χ1n) is 8.25. The van der Waals surface area contributed by atoms with Crippen LogP contribution in [0, 0.1) is 19.8 Å². The molecule has 6 nitrogen and oxygen atoms in total. The summed E-state index contributed by atoms with van der Waals surface area (Å²) < 4.78 is 11.3. The van der Waals surface area contributed by atoms with Crippen LogP contribution in [0.1, 0.15) is 40.3 Å². The second-order valence-electron chi connectivity index (χ2n) is 6.50. The third kappa shape index (κ3) is 4.02. The fourth-order valence-corrected chi connectivity index (χ4v) is 2.88. The molecule has 1 saturated carbocycles. The summed E-state index contributed by atoms with van der Waals surface area (Å²) in [5.74, 6) is 0.0480. The molecule has 1 heterocycles. The van der Waals surface area contributed by atoms with Gasteiger partial charge >= 0.3 is 5.97 Å². The molecule has 1 aliphatic carbocycles. The standard InChI is InChI=1S/C19H21NO5/c1-11-3-5-16(12(2)7-11)24-10-15-4-6-17(25-15)18(21)20-14-8-13(9-14)19(22)23/h3-7,13-14H,8-10H2,1-2H3,(H,20,21)(H,22,23). The van der Waals surface area contributed by atoms with Crippen molar-refractivity contribution < 1.29 is 23.8 Å². The molecule has 3 rings (SSSR count). The number of furan rings is 1. The minimum atomic E-state index is -0.811. The van der Waals surface area contributed by atoms with Gasteiger partial charge in [-0.15, -0.1) is 0 Å². The van der Waals surface area contributed by atoms with Crippen LogP contribution in [0.3, 0.4) is 0 Å². The van der Waals surface area contributed by atoms with E-state index in [0.29, 0.717) is 18.6 Å². The Morgan fingerprint density at radius 2 is 2.00 bits per heavy atom. The van der Waals surface area contributed by atoms with Gasteiger partial charge in [0.2, 0.25) is 0 Å². The van der Waals surface area contributed by atoms with Crippen LogP contribution in [0.5, 0.6) is 5.75 Å². The summed E-state index contributed by atoms with van der Waals surface area (Å²) in [5.41, 5.74) is 2.21. The predicted molar refractivity (Wildman–Crippen MR) is 90.6 cm³/mol. The smallest absolute Gasteiger partial charge is 0.306 e. The zero-order chi connectivity index (χ0) is 18.0. The summed E-state index contributed by atoms with van der Waals surface area (Å²) in [6.45, 7) is 4.24. The number of benzene rings is 1. The van der Waals surface area contributed by atoms with E-state index in [1.54, 1.807) is 12.1 Å². The van der Waals surface area contributed by atoms with Crippen LogP contribution < -0.4 is 10.1 Å². The van der Waals surface area contributed by atoms with E-state index in [2.05, 4.69) is 5.32 Å². The molecule has 0 radical (unpaired) electrons. The van der Waals surface area contributed by atoms with Gasteiger partial charge < -0.3 is 19.6 Å². The van der Waals surface area contributed by atoms with Gasteiger partial charge in [-0.2, -0.15) is 0 Å². The van der Waals surface area contributed by atoms with Crippen molar-refractivity contribution in [3.8, 4) is 5.75 Å². The lowest BCUT2D eigenvalue weighted by Gasteiger charge is -2.32. The second-order valence-corrected chi connectivity index (χ2v) is 6.50. The highest BCUT2D eigenvalue weighted by Gasteiger charge is 2.35. The van der Waals surface area contributed by atoms with E-state index in [0.717, 1.165) is 11.3 Å². The van der Waals surface area contributed by atoms with Gasteiger partial charge in [0.15, 0.2) is 5.76 Å². The Bertz CT molecular complexity index is 789. The first-order chi connectivity index (χ1) is 11.9. The molecule has 0 aliphatic heterocycles. The summed E-state index contributed by atoms with van der Waals surface area (Å²) in [6, 6.07) is 9.14. The maximum atomic E-state index is 12.1. The average Bonchev–Trinajstić information content (AvgIpc) is 2.98. The van der Waals surface area contributed by atoms with Gasteiger partial charge in [-0.25, -0.2) is 0 Å². The normalized spacial score (nSPS) is 19.1. The zero-order valence-corrected chi connectivity index (χ0v) is 14.2. The maximum Gasteiger partial charge on any atom is 0.306 e. The SMILES string of the molecule is Cc1ccc(OCc2ccc(C(=O)NC3CC(C(=O)O)C3)o2)c(C)c1. The van der Waals surface area contributed by atoms with Gasteiger partial charge in [0.25, 0.3) is 5.91 Å². The lowest BCUT2D eigenvalue weighted by molar-refractivity contribution is -0.145. The molecule has 1 aromatic carbocycles. The largest absolute Gasteiger partial charge is 0.485 e. The first-order valence-corrected chi connectivity index (χ1v) is 8.25. The van der Waals surface area contributed by atoms with E-state index >= 15 is 0 Å². The topological polar surface area (TPSA) is 88.8 Å². The molecule has 1 aromatic heterocycles. The molecule has 25 heavy (non-hydrogen) atoms. The highest BCUT2D eigenvalue weighted by atomic mass is 16.5. The Hall–Kier alpha value is -2.76. The van der Waals surface area contributed by atoms with Crippen LogP contribution in [-0.2, 0) is 11.4 Å². The Morgan fingerprint density at radius 1 is 1.24 bits per heavy atom. The Balaban J connectivity index is 1.52. The number of ether oxygens (including phenoxy) is 1. The molecule has 0 unspecified atom stereocenters. The number of carbonyl (C=O) groups is 2. The van der Waals surface area contributed by atoms with Gasteiger partial charge in [-0.1, -0.05) is 17.7 Å². The molecule has 132 valence electrons. The van der Waals surface area contributed by atoms with E-state index in [-0.39, 0.29) is 30.2 Å². The van der Waals surface area contributed by atoms with E-state index in [1.165, 1.54) is 5.56 Å². The van der Waals surface area contributed by atoms with Crippen molar-refractivity contribution in [1.82, 2.24) is 5.32 Å². The number of rotatable bonds is 6. The molecular weight excluding hydrogens is 322 g/mol. The number of nitrogens with one attached hydrogen (secondary N) is 1. The molecule has 0 bridgehead atoms. The van der Waals surface area contributed by atoms with Gasteiger partial charge in [0.1, 0.15) is 18.1 Å². The van der Waals surface area contributed by atoms with Crippen LogP contribution >= 0.6 is 0 Å². The highest BCUT2D eigenvalue weighted by Crippen LogP contribution is 2.28. The third-order valence-corrected chi connectivity index (χ3v) is 4.41. The zero-order valence-electron chi connectivity index (χ0n) is 14.2. The van der Waals surface area contributed by atoms with E-state index < -0.39 is 5.97 Å². The molecule has 6 heteroatoms. The van der Waals surface area contributed by atoms with Crippen molar-refractivity contribution >= 4 is 11.9 Å². The minimum Gasteiger partial charge on any atom is -0.485 e. The van der Waals surface area contributed by atoms with Crippen molar-refractivity contribution in [2.24, 2.45) is 5.92 Å². The number of amides is 1. The number of carbonyl (C=O) groups excluding carboxylic acids is 1. The Labute approximate surface area is 145 Å². The van der Waals surface area contributed by atoms with Crippen molar-refractivity contribution in [3.63, 3.8) is 0 Å². The van der Waals surface area contributed by atoms with Crippen molar-refractivity contribution in [2.45, 2.75) is 39.3 Å². The minimum absolute atomic E-state index is 0.103. The van der Waals surface area contributed by atoms with Gasteiger partial charge in [0, 0.05) is 6.04 Å². The number of aliphatic carboxylic acids is 1. The van der Waals surface area contributed by atoms with Crippen LogP contribution in [0.15, 0.2) is 34.7 Å². The number of aryl methyl sites for hydroxylation is 2. The van der Waals surface area contributed by atoms with E-state index in [4.69, 9.17) is 14.3 Å². The summed E-state index contributed by atoms with van der Waals surface area (Å²) in [5, 5.41) is 11.6. The monoisotopic (exact) mass is 343 g/mol. The van der Waals surface area contributed by atoms with E-state index in [9.17, 15) is 9.59 Å². The predicted octanol–water partition coefficient (Wildman–Crippen LogP) is 3.07.